The molecule has 0 N–H and O–H groups in total. The van der Waals surface area contributed by atoms with E-state index in [2.05, 4.69) is 18.4 Å². The third-order valence-electron chi connectivity index (χ3n) is 1.30. The maximum atomic E-state index is 5.12. The van der Waals surface area contributed by atoms with Gasteiger partial charge in [-0.1, -0.05) is 6.92 Å². The molecule has 0 aromatic rings. The summed E-state index contributed by atoms with van der Waals surface area (Å²) in [6, 6.07) is 0. The lowest BCUT2D eigenvalue weighted by Crippen LogP contribution is -2.15. The first kappa shape index (κ1) is 6.17. The summed E-state index contributed by atoms with van der Waals surface area (Å²) in [5.41, 5.74) is 0. The van der Waals surface area contributed by atoms with Gasteiger partial charge in [0.15, 0.2) is 0 Å². The third-order valence-corrected chi connectivity index (χ3v) is 2.31. The molecule has 1 nitrogen and oxygen atoms in total. The van der Waals surface area contributed by atoms with Gasteiger partial charge in [-0.05, 0) is 11.5 Å². The van der Waals surface area contributed by atoms with Gasteiger partial charge in [-0.25, -0.2) is 0 Å². The van der Waals surface area contributed by atoms with Gasteiger partial charge in [0.25, 0.3) is 0 Å². The number of methoxy groups -OCH3 is 1. The van der Waals surface area contributed by atoms with E-state index in [9.17, 15) is 0 Å². The van der Waals surface area contributed by atoms with Crippen molar-refractivity contribution in [1.29, 1.82) is 0 Å². The van der Waals surface area contributed by atoms with E-state index >= 15 is 0 Å². The Bertz CT molecular complexity index is 101. The maximum absolute atomic E-state index is 5.12. The molecule has 0 saturated carbocycles. The van der Waals surface area contributed by atoms with Crippen molar-refractivity contribution in [3.8, 4) is 0 Å². The fraction of sp³-hybridized carbons (Fsp3) is 0.667. The Morgan fingerprint density at radius 3 is 2.62 bits per heavy atom. The zero-order valence-corrected chi connectivity index (χ0v) is 5.94. The van der Waals surface area contributed by atoms with E-state index in [0.717, 1.165) is 0 Å². The van der Waals surface area contributed by atoms with Crippen LogP contribution in [0, 0.1) is 0 Å². The van der Waals surface area contributed by atoms with Crippen molar-refractivity contribution in [2.75, 3.05) is 7.11 Å². The quantitative estimate of drug-likeness (QED) is 0.533. The van der Waals surface area contributed by atoms with Crippen molar-refractivity contribution in [2.24, 2.45) is 0 Å². The molecule has 0 fully saturated rings. The van der Waals surface area contributed by atoms with Crippen LogP contribution in [0.15, 0.2) is 11.5 Å². The minimum atomic E-state index is 0.347. The zero-order valence-electron chi connectivity index (χ0n) is 5.13. The Balaban J connectivity index is 2.41. The van der Waals surface area contributed by atoms with Crippen LogP contribution in [0.1, 0.15) is 6.92 Å². The summed E-state index contributed by atoms with van der Waals surface area (Å²) in [6.45, 7) is 2.17. The molecule has 0 bridgehead atoms. The van der Waals surface area contributed by atoms with Crippen molar-refractivity contribution in [3.05, 3.63) is 11.5 Å². The van der Waals surface area contributed by atoms with Crippen LogP contribution in [0.3, 0.4) is 0 Å². The van der Waals surface area contributed by atoms with Gasteiger partial charge < -0.3 is 4.74 Å². The van der Waals surface area contributed by atoms with Crippen molar-refractivity contribution in [1.82, 2.24) is 0 Å². The first-order chi connectivity index (χ1) is 3.84. The van der Waals surface area contributed by atoms with Crippen LogP contribution < -0.4 is 0 Å². The average Bonchev–Trinajstić information content (AvgIpc) is 2.14. The van der Waals surface area contributed by atoms with Gasteiger partial charge in [0, 0.05) is 12.4 Å². The predicted octanol–water partition coefficient (Wildman–Crippen LogP) is 1.65. The Morgan fingerprint density at radius 2 is 2.38 bits per heavy atom. The summed E-state index contributed by atoms with van der Waals surface area (Å²) in [7, 11) is 1.75. The average molecular weight is 130 g/mol. The van der Waals surface area contributed by atoms with Crippen molar-refractivity contribution >= 4 is 11.8 Å². The van der Waals surface area contributed by atoms with Gasteiger partial charge in [0.1, 0.15) is 0 Å². The summed E-state index contributed by atoms with van der Waals surface area (Å²) < 4.78 is 5.12. The molecule has 0 aromatic heterocycles. The van der Waals surface area contributed by atoms with Gasteiger partial charge in [-0.15, -0.1) is 11.8 Å². The lowest BCUT2D eigenvalue weighted by molar-refractivity contribution is 0.144. The topological polar surface area (TPSA) is 9.23 Å². The molecular weight excluding hydrogens is 120 g/mol. The molecule has 0 saturated heterocycles. The maximum Gasteiger partial charge on any atom is 0.0879 e. The second-order valence-corrected chi connectivity index (χ2v) is 3.16. The van der Waals surface area contributed by atoms with E-state index in [-0.39, 0.29) is 0 Å². The molecule has 0 aromatic carbocycles. The highest BCUT2D eigenvalue weighted by Crippen LogP contribution is 2.25. The number of hydrogen-bond donors (Lipinski definition) is 0. The van der Waals surface area contributed by atoms with Gasteiger partial charge in [-0.3, -0.25) is 0 Å². The summed E-state index contributed by atoms with van der Waals surface area (Å²) in [5, 5.41) is 2.71. The lowest BCUT2D eigenvalue weighted by atomic mass is 10.3. The molecule has 2 unspecified atom stereocenters. The molecule has 2 atom stereocenters. The monoisotopic (exact) mass is 130 g/mol. The Morgan fingerprint density at radius 1 is 1.62 bits per heavy atom. The first-order valence-corrected chi connectivity index (χ1v) is 3.64. The molecular formula is C6H10OS. The van der Waals surface area contributed by atoms with Crippen LogP contribution in [0.4, 0.5) is 0 Å². The highest BCUT2D eigenvalue weighted by molar-refractivity contribution is 8.03. The van der Waals surface area contributed by atoms with Crippen LogP contribution >= 0.6 is 11.8 Å². The molecule has 8 heavy (non-hydrogen) atoms. The fourth-order valence-electron chi connectivity index (χ4n) is 0.751. The molecule has 1 rings (SSSR count). The smallest absolute Gasteiger partial charge is 0.0879 e. The zero-order chi connectivity index (χ0) is 5.98. The number of ether oxygens (including phenoxy) is 1. The molecule has 1 aliphatic rings. The minimum Gasteiger partial charge on any atom is -0.376 e. The van der Waals surface area contributed by atoms with Gasteiger partial charge >= 0.3 is 0 Å². The normalized spacial score (nSPS) is 36.2. The summed E-state index contributed by atoms with van der Waals surface area (Å²) in [4.78, 5) is 0. The Hall–Kier alpha value is 0.0500. The van der Waals surface area contributed by atoms with Crippen LogP contribution in [-0.2, 0) is 4.74 Å². The number of hydrogen-bond acceptors (Lipinski definition) is 2. The molecule has 1 aliphatic heterocycles. The second kappa shape index (κ2) is 2.55. The first-order valence-electron chi connectivity index (χ1n) is 2.69. The van der Waals surface area contributed by atoms with Gasteiger partial charge in [-0.2, -0.15) is 0 Å². The highest BCUT2D eigenvalue weighted by Gasteiger charge is 2.17. The van der Waals surface area contributed by atoms with E-state index in [1.54, 1.807) is 7.11 Å². The largest absolute Gasteiger partial charge is 0.376 e. The van der Waals surface area contributed by atoms with Crippen LogP contribution in [-0.4, -0.2) is 18.5 Å². The number of rotatable bonds is 1. The molecule has 0 spiro atoms. The van der Waals surface area contributed by atoms with Gasteiger partial charge in [0.2, 0.25) is 0 Å². The van der Waals surface area contributed by atoms with Crippen LogP contribution in [0.25, 0.3) is 0 Å². The predicted molar refractivity (Wildman–Crippen MR) is 37.0 cm³/mol. The summed E-state index contributed by atoms with van der Waals surface area (Å²) >= 11 is 1.82. The van der Waals surface area contributed by atoms with Crippen molar-refractivity contribution < 1.29 is 4.74 Å². The van der Waals surface area contributed by atoms with E-state index in [1.165, 1.54) is 0 Å². The van der Waals surface area contributed by atoms with Gasteiger partial charge in [0.05, 0.1) is 6.10 Å². The third kappa shape index (κ3) is 1.06. The molecule has 0 amide bonds. The Labute approximate surface area is 54.1 Å². The molecule has 46 valence electrons. The highest BCUT2D eigenvalue weighted by atomic mass is 32.2. The van der Waals surface area contributed by atoms with Crippen LogP contribution in [0.2, 0.25) is 0 Å². The summed E-state index contributed by atoms with van der Waals surface area (Å²) in [6.07, 6.45) is 2.44. The molecule has 1 heterocycles. The van der Waals surface area contributed by atoms with E-state index < -0.39 is 0 Å². The number of thioether (sulfide) groups is 1. The van der Waals surface area contributed by atoms with E-state index in [4.69, 9.17) is 4.74 Å². The molecule has 0 aliphatic carbocycles. The van der Waals surface area contributed by atoms with Crippen LogP contribution in [0.5, 0.6) is 0 Å². The molecule has 2 heteroatoms. The van der Waals surface area contributed by atoms with Crippen molar-refractivity contribution in [2.45, 2.75) is 18.3 Å². The fourth-order valence-corrected chi connectivity index (χ4v) is 1.60. The second-order valence-electron chi connectivity index (χ2n) is 1.87. The summed E-state index contributed by atoms with van der Waals surface area (Å²) in [5.74, 6) is 0. The Kier molecular flexibility index (Phi) is 1.97. The van der Waals surface area contributed by atoms with E-state index in [0.29, 0.717) is 11.4 Å². The molecule has 0 radical (unpaired) electrons. The minimum absolute atomic E-state index is 0.347. The van der Waals surface area contributed by atoms with Crippen molar-refractivity contribution in [3.63, 3.8) is 0 Å². The lowest BCUT2D eigenvalue weighted by Gasteiger charge is -2.09. The standard InChI is InChI=1S/C6H10OS/c1-5-6(7-2)3-4-8-5/h3-6H,1-2H3. The van der Waals surface area contributed by atoms with E-state index in [1.807, 2.05) is 11.8 Å². The SMILES string of the molecule is COC1C=CSC1C.